The molecule has 0 spiro atoms. The fraction of sp³-hybridized carbons (Fsp3) is 0.429. The summed E-state index contributed by atoms with van der Waals surface area (Å²) in [6.07, 6.45) is -7.27. The molecule has 1 fully saturated rings. The number of hydrogen-bond acceptors (Lipinski definition) is 2. The SMILES string of the molecule is O=C(c1ccncc1)N1[C@@H]2C=C[C@@H](C2)C1(C(F)(F)F)C(F)(F)F. The van der Waals surface area contributed by atoms with Gasteiger partial charge in [-0.25, -0.2) is 0 Å². The van der Waals surface area contributed by atoms with Gasteiger partial charge in [-0.2, -0.15) is 26.3 Å². The molecule has 1 aromatic rings. The maximum atomic E-state index is 13.5. The van der Waals surface area contributed by atoms with Gasteiger partial charge in [-0.3, -0.25) is 9.78 Å². The fourth-order valence-electron chi connectivity index (χ4n) is 3.42. The van der Waals surface area contributed by atoms with Crippen LogP contribution in [-0.2, 0) is 0 Å². The van der Waals surface area contributed by atoms with Crippen LogP contribution >= 0.6 is 0 Å². The van der Waals surface area contributed by atoms with Crippen LogP contribution in [-0.4, -0.2) is 39.7 Å². The van der Waals surface area contributed by atoms with E-state index in [4.69, 9.17) is 0 Å². The molecule has 23 heavy (non-hydrogen) atoms. The van der Waals surface area contributed by atoms with Crippen LogP contribution in [0.2, 0.25) is 0 Å². The van der Waals surface area contributed by atoms with Gasteiger partial charge in [0, 0.05) is 23.9 Å². The minimum Gasteiger partial charge on any atom is -0.309 e. The Morgan fingerprint density at radius 3 is 2.17 bits per heavy atom. The van der Waals surface area contributed by atoms with Crippen molar-refractivity contribution >= 4 is 5.91 Å². The third-order valence-corrected chi connectivity index (χ3v) is 4.32. The number of rotatable bonds is 1. The number of halogens is 6. The predicted molar refractivity (Wildman–Crippen MR) is 66.3 cm³/mol. The standard InChI is InChI=1S/C14H10F6N2O/c15-13(16,17)12(14(18,19)20)9-1-2-10(7-9)22(12)11(23)8-3-5-21-6-4-8/h1-6,9-10H,7H2/t9-,10+/m0/s1. The van der Waals surface area contributed by atoms with E-state index in [0.29, 0.717) is 0 Å². The lowest BCUT2D eigenvalue weighted by atomic mass is 9.83. The largest absolute Gasteiger partial charge is 0.421 e. The van der Waals surface area contributed by atoms with Crippen LogP contribution < -0.4 is 0 Å². The molecule has 0 saturated carbocycles. The molecule has 1 aliphatic heterocycles. The Bertz CT molecular complexity index is 637. The zero-order chi connectivity index (χ0) is 17.0. The number of nitrogens with zero attached hydrogens (tertiary/aromatic N) is 2. The van der Waals surface area contributed by atoms with Gasteiger partial charge in [0.05, 0.1) is 6.04 Å². The Labute approximate surface area is 126 Å². The molecule has 0 radical (unpaired) electrons. The molecule has 0 N–H and O–H groups in total. The molecule has 9 heteroatoms. The zero-order valence-electron chi connectivity index (χ0n) is 11.4. The minimum atomic E-state index is -5.64. The number of carbonyl (C=O) groups is 1. The van der Waals surface area contributed by atoms with Gasteiger partial charge in [0.15, 0.2) is 0 Å². The molecule has 2 bridgehead atoms. The number of likely N-dealkylation sites (tertiary alicyclic amines) is 1. The summed E-state index contributed by atoms with van der Waals surface area (Å²) < 4.78 is 81.2. The number of amides is 1. The van der Waals surface area contributed by atoms with E-state index >= 15 is 0 Å². The Kier molecular flexibility index (Phi) is 3.24. The summed E-state index contributed by atoms with van der Waals surface area (Å²) in [4.78, 5) is 16.0. The van der Waals surface area contributed by atoms with Crippen molar-refractivity contribution in [2.75, 3.05) is 0 Å². The van der Waals surface area contributed by atoms with Gasteiger partial charge in [0.2, 0.25) is 5.54 Å². The molecular formula is C14H10F6N2O. The van der Waals surface area contributed by atoms with Crippen molar-refractivity contribution in [3.05, 3.63) is 42.2 Å². The van der Waals surface area contributed by atoms with Gasteiger partial charge in [-0.1, -0.05) is 12.2 Å². The maximum absolute atomic E-state index is 13.5. The van der Waals surface area contributed by atoms with Gasteiger partial charge in [0.25, 0.3) is 5.91 Å². The summed E-state index contributed by atoms with van der Waals surface area (Å²) in [6, 6.07) is 0.953. The first-order valence-corrected chi connectivity index (χ1v) is 6.66. The molecule has 3 nitrogen and oxygen atoms in total. The second-order valence-electron chi connectivity index (χ2n) is 5.47. The Morgan fingerprint density at radius 2 is 1.65 bits per heavy atom. The molecule has 124 valence electrons. The number of hydrogen-bond donors (Lipinski definition) is 0. The average molecular weight is 336 g/mol. The van der Waals surface area contributed by atoms with Gasteiger partial charge in [-0.05, 0) is 18.6 Å². The van der Waals surface area contributed by atoms with Crippen molar-refractivity contribution in [1.29, 1.82) is 0 Å². The zero-order valence-corrected chi connectivity index (χ0v) is 11.4. The van der Waals surface area contributed by atoms with Crippen LogP contribution in [0, 0.1) is 5.92 Å². The molecule has 1 aromatic heterocycles. The van der Waals surface area contributed by atoms with Crippen LogP contribution in [0.3, 0.4) is 0 Å². The Balaban J connectivity index is 2.18. The first-order chi connectivity index (χ1) is 10.6. The molecular weight excluding hydrogens is 326 g/mol. The van der Waals surface area contributed by atoms with Crippen LogP contribution in [0.1, 0.15) is 16.8 Å². The second kappa shape index (κ2) is 4.72. The molecule has 2 aliphatic rings. The molecule has 0 unspecified atom stereocenters. The molecule has 2 atom stereocenters. The van der Waals surface area contributed by atoms with E-state index in [1.165, 1.54) is 6.08 Å². The third kappa shape index (κ3) is 1.98. The molecule has 0 aromatic carbocycles. The average Bonchev–Trinajstić information content (AvgIpc) is 3.04. The number of fused-ring (bicyclic) bond motifs is 2. The molecule has 1 amide bonds. The van der Waals surface area contributed by atoms with Crippen LogP contribution in [0.15, 0.2) is 36.7 Å². The highest BCUT2D eigenvalue weighted by molar-refractivity contribution is 5.95. The summed E-state index contributed by atoms with van der Waals surface area (Å²) in [7, 11) is 0. The lowest BCUT2D eigenvalue weighted by molar-refractivity contribution is -0.336. The van der Waals surface area contributed by atoms with Crippen molar-refractivity contribution in [3.63, 3.8) is 0 Å². The van der Waals surface area contributed by atoms with Crippen LogP contribution in [0.25, 0.3) is 0 Å². The van der Waals surface area contributed by atoms with Crippen molar-refractivity contribution in [1.82, 2.24) is 9.88 Å². The lowest BCUT2D eigenvalue weighted by Gasteiger charge is -2.46. The van der Waals surface area contributed by atoms with Gasteiger partial charge in [-0.15, -0.1) is 0 Å². The second-order valence-corrected chi connectivity index (χ2v) is 5.47. The lowest BCUT2D eigenvalue weighted by Crippen LogP contribution is -2.70. The normalized spacial score (nSPS) is 25.9. The molecule has 3 rings (SSSR count). The smallest absolute Gasteiger partial charge is 0.309 e. The van der Waals surface area contributed by atoms with E-state index in [-0.39, 0.29) is 10.5 Å². The van der Waals surface area contributed by atoms with Crippen molar-refractivity contribution < 1.29 is 31.1 Å². The summed E-state index contributed by atoms with van der Waals surface area (Å²) in [6.45, 7) is 0. The molecule has 2 heterocycles. The van der Waals surface area contributed by atoms with E-state index in [2.05, 4.69) is 4.98 Å². The van der Waals surface area contributed by atoms with Crippen molar-refractivity contribution in [2.45, 2.75) is 30.4 Å². The first-order valence-electron chi connectivity index (χ1n) is 6.66. The molecule has 1 saturated heterocycles. The number of carbonyl (C=O) groups excluding carboxylic acids is 1. The highest BCUT2D eigenvalue weighted by Gasteiger charge is 2.81. The summed E-state index contributed by atoms with van der Waals surface area (Å²) in [5.74, 6) is -3.14. The predicted octanol–water partition coefficient (Wildman–Crippen LogP) is 3.35. The van der Waals surface area contributed by atoms with Gasteiger partial charge in [0.1, 0.15) is 0 Å². The van der Waals surface area contributed by atoms with E-state index < -0.39 is 42.2 Å². The van der Waals surface area contributed by atoms with E-state index in [0.717, 1.165) is 30.6 Å². The summed E-state index contributed by atoms with van der Waals surface area (Å²) in [5, 5.41) is 0. The number of aromatic nitrogens is 1. The van der Waals surface area contributed by atoms with E-state index in [1.54, 1.807) is 0 Å². The maximum Gasteiger partial charge on any atom is 0.421 e. The first kappa shape index (κ1) is 15.8. The highest BCUT2D eigenvalue weighted by Crippen LogP contribution is 2.60. The van der Waals surface area contributed by atoms with Crippen molar-refractivity contribution in [2.24, 2.45) is 5.92 Å². The van der Waals surface area contributed by atoms with E-state index in [1.807, 2.05) is 0 Å². The Morgan fingerprint density at radius 1 is 1.09 bits per heavy atom. The number of alkyl halides is 6. The monoisotopic (exact) mass is 336 g/mol. The van der Waals surface area contributed by atoms with Crippen molar-refractivity contribution in [3.8, 4) is 0 Å². The van der Waals surface area contributed by atoms with Crippen LogP contribution in [0.4, 0.5) is 26.3 Å². The van der Waals surface area contributed by atoms with Crippen LogP contribution in [0.5, 0.6) is 0 Å². The quantitative estimate of drug-likeness (QED) is 0.582. The highest BCUT2D eigenvalue weighted by atomic mass is 19.4. The van der Waals surface area contributed by atoms with Gasteiger partial charge >= 0.3 is 12.4 Å². The fourth-order valence-corrected chi connectivity index (χ4v) is 3.42. The number of pyridine rings is 1. The summed E-state index contributed by atoms with van der Waals surface area (Å²) >= 11 is 0. The summed E-state index contributed by atoms with van der Waals surface area (Å²) in [5.41, 5.74) is -4.46. The topological polar surface area (TPSA) is 33.2 Å². The Hall–Kier alpha value is -2.06. The third-order valence-electron chi connectivity index (χ3n) is 4.32. The van der Waals surface area contributed by atoms with Gasteiger partial charge < -0.3 is 4.90 Å². The molecule has 1 aliphatic carbocycles. The minimum absolute atomic E-state index is 0.0625. The van der Waals surface area contributed by atoms with E-state index in [9.17, 15) is 31.1 Å².